The number of carbonyl (C=O) groups excluding carboxylic acids is 1. The van der Waals surface area contributed by atoms with Gasteiger partial charge in [0.25, 0.3) is 0 Å². The Morgan fingerprint density at radius 3 is 2.44 bits per heavy atom. The van der Waals surface area contributed by atoms with Crippen molar-refractivity contribution >= 4 is 28.5 Å². The summed E-state index contributed by atoms with van der Waals surface area (Å²) in [4.78, 5) is 13.5. The molecule has 0 aromatic heterocycles. The molecule has 2 nitrogen and oxygen atoms in total. The second kappa shape index (κ2) is 5.66. The van der Waals surface area contributed by atoms with Crippen LogP contribution in [0.1, 0.15) is 24.3 Å². The Kier molecular flexibility index (Phi) is 4.21. The largest absolute Gasteiger partial charge is 0.342 e. The summed E-state index contributed by atoms with van der Waals surface area (Å²) in [5.74, 6) is 0.923. The molecule has 0 radical (unpaired) electrons. The number of likely N-dealkylation sites (tertiary alicyclic amines) is 1. The van der Waals surface area contributed by atoms with Crippen LogP contribution in [0.2, 0.25) is 0 Å². The first kappa shape index (κ1) is 11.9. The Balaban J connectivity index is 1.93. The number of carbonyl (C=O) groups is 1. The van der Waals surface area contributed by atoms with E-state index in [0.29, 0.717) is 10.3 Å². The fourth-order valence-electron chi connectivity index (χ4n) is 2.27. The molecule has 1 amide bonds. The summed E-state index contributed by atoms with van der Waals surface area (Å²) < 4.78 is 0.605. The van der Waals surface area contributed by atoms with E-state index in [4.69, 9.17) is 0 Å². The van der Waals surface area contributed by atoms with Crippen molar-refractivity contribution in [1.29, 1.82) is 0 Å². The Labute approximate surface area is 110 Å². The standard InChI is InChI=1S/C13H16INO/c14-10-13(16)15-8-6-12(7-9-15)11-4-2-1-3-5-11/h1-5,12H,6-10H2. The third kappa shape index (κ3) is 2.75. The summed E-state index contributed by atoms with van der Waals surface area (Å²) >= 11 is 2.14. The highest BCUT2D eigenvalue weighted by Gasteiger charge is 2.22. The topological polar surface area (TPSA) is 20.3 Å². The van der Waals surface area contributed by atoms with Gasteiger partial charge in [0.05, 0.1) is 4.43 Å². The van der Waals surface area contributed by atoms with Crippen LogP contribution in [-0.4, -0.2) is 28.3 Å². The van der Waals surface area contributed by atoms with Crippen molar-refractivity contribution in [3.63, 3.8) is 0 Å². The molecule has 0 aliphatic carbocycles. The number of rotatable bonds is 2. The lowest BCUT2D eigenvalue weighted by molar-refractivity contribution is -0.129. The first-order valence-electron chi connectivity index (χ1n) is 5.70. The number of piperidine rings is 1. The summed E-state index contributed by atoms with van der Waals surface area (Å²) in [6, 6.07) is 10.6. The second-order valence-electron chi connectivity index (χ2n) is 4.20. The molecule has 1 aliphatic rings. The molecule has 0 spiro atoms. The van der Waals surface area contributed by atoms with Crippen molar-refractivity contribution in [2.24, 2.45) is 0 Å². The number of nitrogens with zero attached hydrogens (tertiary/aromatic N) is 1. The molecule has 0 saturated carbocycles. The van der Waals surface area contributed by atoms with E-state index in [-0.39, 0.29) is 5.91 Å². The van der Waals surface area contributed by atoms with Gasteiger partial charge in [0, 0.05) is 13.1 Å². The fourth-order valence-corrected chi connectivity index (χ4v) is 2.75. The first-order chi connectivity index (χ1) is 7.81. The normalized spacial score (nSPS) is 17.4. The molecule has 16 heavy (non-hydrogen) atoms. The van der Waals surface area contributed by atoms with Gasteiger partial charge in [-0.1, -0.05) is 52.9 Å². The van der Waals surface area contributed by atoms with Gasteiger partial charge in [-0.3, -0.25) is 4.79 Å². The zero-order valence-electron chi connectivity index (χ0n) is 9.23. The minimum Gasteiger partial charge on any atom is -0.342 e. The Morgan fingerprint density at radius 2 is 1.88 bits per heavy atom. The molecule has 1 aromatic rings. The van der Waals surface area contributed by atoms with Gasteiger partial charge in [0.2, 0.25) is 5.91 Å². The second-order valence-corrected chi connectivity index (χ2v) is 4.96. The van der Waals surface area contributed by atoms with Gasteiger partial charge in [-0.05, 0) is 24.3 Å². The molecule has 0 unspecified atom stereocenters. The Bertz CT molecular complexity index is 344. The third-order valence-corrected chi connectivity index (χ3v) is 3.89. The van der Waals surface area contributed by atoms with Crippen molar-refractivity contribution in [2.45, 2.75) is 18.8 Å². The zero-order chi connectivity index (χ0) is 11.4. The molecule has 86 valence electrons. The molecule has 0 bridgehead atoms. The third-order valence-electron chi connectivity index (χ3n) is 3.23. The number of amides is 1. The summed E-state index contributed by atoms with van der Waals surface area (Å²) in [5.41, 5.74) is 1.42. The van der Waals surface area contributed by atoms with Crippen LogP contribution in [0.4, 0.5) is 0 Å². The maximum absolute atomic E-state index is 11.5. The fraction of sp³-hybridized carbons (Fsp3) is 0.462. The highest BCUT2D eigenvalue weighted by Crippen LogP contribution is 2.27. The molecule has 2 rings (SSSR count). The van der Waals surface area contributed by atoms with Crippen LogP contribution in [-0.2, 0) is 4.79 Å². The van der Waals surface area contributed by atoms with Gasteiger partial charge in [0.15, 0.2) is 0 Å². The van der Waals surface area contributed by atoms with E-state index in [0.717, 1.165) is 25.9 Å². The van der Waals surface area contributed by atoms with Gasteiger partial charge in [-0.25, -0.2) is 0 Å². The molecule has 1 aromatic carbocycles. The van der Waals surface area contributed by atoms with Crippen LogP contribution in [0.25, 0.3) is 0 Å². The van der Waals surface area contributed by atoms with Crippen LogP contribution >= 0.6 is 22.6 Å². The molecule has 0 atom stereocenters. The van der Waals surface area contributed by atoms with Gasteiger partial charge in [-0.2, -0.15) is 0 Å². The molecular formula is C13H16INO. The smallest absolute Gasteiger partial charge is 0.232 e. The van der Waals surface area contributed by atoms with Crippen molar-refractivity contribution in [1.82, 2.24) is 4.90 Å². The minimum atomic E-state index is 0.284. The minimum absolute atomic E-state index is 0.284. The predicted octanol–water partition coefficient (Wildman–Crippen LogP) is 2.83. The molecule has 1 saturated heterocycles. The SMILES string of the molecule is O=C(CI)N1CCC(c2ccccc2)CC1. The number of alkyl halides is 1. The van der Waals surface area contributed by atoms with Gasteiger partial charge in [0.1, 0.15) is 0 Å². The van der Waals surface area contributed by atoms with Gasteiger partial charge < -0.3 is 4.90 Å². The molecule has 3 heteroatoms. The van der Waals surface area contributed by atoms with Gasteiger partial charge in [-0.15, -0.1) is 0 Å². The average Bonchev–Trinajstić information content (AvgIpc) is 2.39. The van der Waals surface area contributed by atoms with Crippen molar-refractivity contribution < 1.29 is 4.79 Å². The van der Waals surface area contributed by atoms with Crippen LogP contribution < -0.4 is 0 Å². The average molecular weight is 329 g/mol. The maximum Gasteiger partial charge on any atom is 0.232 e. The van der Waals surface area contributed by atoms with Gasteiger partial charge >= 0.3 is 0 Å². The summed E-state index contributed by atoms with van der Waals surface area (Å²) in [6.07, 6.45) is 2.21. The van der Waals surface area contributed by atoms with Crippen LogP contribution in [0.3, 0.4) is 0 Å². The molecule has 1 heterocycles. The van der Waals surface area contributed by atoms with Crippen molar-refractivity contribution in [2.75, 3.05) is 17.5 Å². The summed E-state index contributed by atoms with van der Waals surface area (Å²) in [5, 5.41) is 0. The van der Waals surface area contributed by atoms with Crippen LogP contribution in [0, 0.1) is 0 Å². The number of halogens is 1. The van der Waals surface area contributed by atoms with E-state index in [1.54, 1.807) is 0 Å². The first-order valence-corrected chi connectivity index (χ1v) is 7.22. The molecule has 1 aliphatic heterocycles. The van der Waals surface area contributed by atoms with E-state index >= 15 is 0 Å². The Hall–Kier alpha value is -0.580. The monoisotopic (exact) mass is 329 g/mol. The lowest BCUT2D eigenvalue weighted by atomic mass is 9.89. The van der Waals surface area contributed by atoms with E-state index in [2.05, 4.69) is 52.9 Å². The molecule has 0 N–H and O–H groups in total. The predicted molar refractivity (Wildman–Crippen MR) is 73.9 cm³/mol. The van der Waals surface area contributed by atoms with E-state index in [9.17, 15) is 4.79 Å². The zero-order valence-corrected chi connectivity index (χ0v) is 11.4. The number of hydrogen-bond acceptors (Lipinski definition) is 1. The van der Waals surface area contributed by atoms with Crippen LogP contribution in [0.15, 0.2) is 30.3 Å². The van der Waals surface area contributed by atoms with Crippen LogP contribution in [0.5, 0.6) is 0 Å². The highest BCUT2D eigenvalue weighted by molar-refractivity contribution is 14.1. The van der Waals surface area contributed by atoms with Crippen molar-refractivity contribution in [3.8, 4) is 0 Å². The maximum atomic E-state index is 11.5. The number of hydrogen-bond donors (Lipinski definition) is 0. The Morgan fingerprint density at radius 1 is 1.25 bits per heavy atom. The molecular weight excluding hydrogens is 313 g/mol. The lowest BCUT2D eigenvalue weighted by Crippen LogP contribution is -2.38. The quantitative estimate of drug-likeness (QED) is 0.604. The van der Waals surface area contributed by atoms with E-state index < -0.39 is 0 Å². The summed E-state index contributed by atoms with van der Waals surface area (Å²) in [7, 11) is 0. The van der Waals surface area contributed by atoms with Crippen molar-refractivity contribution in [3.05, 3.63) is 35.9 Å². The molecule has 1 fully saturated rings. The number of benzene rings is 1. The lowest BCUT2D eigenvalue weighted by Gasteiger charge is -2.31. The van der Waals surface area contributed by atoms with E-state index in [1.807, 2.05) is 4.90 Å². The highest BCUT2D eigenvalue weighted by atomic mass is 127. The van der Waals surface area contributed by atoms with E-state index in [1.165, 1.54) is 5.56 Å². The summed E-state index contributed by atoms with van der Waals surface area (Å²) in [6.45, 7) is 1.84.